The molecule has 4 nitrogen and oxygen atoms in total. The second-order valence-corrected chi connectivity index (χ2v) is 7.98. The van der Waals surface area contributed by atoms with Crippen molar-refractivity contribution in [2.75, 3.05) is 5.32 Å². The number of amides is 1. The molecule has 1 aromatic carbocycles. The number of fused-ring (bicyclic) bond motifs is 1. The Morgan fingerprint density at radius 3 is 2.88 bits per heavy atom. The molecule has 2 aromatic rings. The number of nitrogens with zero attached hydrogens (tertiary/aromatic N) is 1. The summed E-state index contributed by atoms with van der Waals surface area (Å²) in [7, 11) is 0. The lowest BCUT2D eigenvalue weighted by Gasteiger charge is -2.19. The summed E-state index contributed by atoms with van der Waals surface area (Å²) in [4.78, 5) is 12.9. The summed E-state index contributed by atoms with van der Waals surface area (Å²) in [5.74, 6) is 0.392. The number of anilines is 1. The molecule has 0 spiro atoms. The van der Waals surface area contributed by atoms with Gasteiger partial charge in [-0.25, -0.2) is 0 Å². The van der Waals surface area contributed by atoms with Crippen LogP contribution in [0.15, 0.2) is 18.2 Å². The summed E-state index contributed by atoms with van der Waals surface area (Å²) in [5.41, 5.74) is 6.17. The predicted octanol–water partition coefficient (Wildman–Crippen LogP) is 4.94. The molecule has 0 saturated carbocycles. The van der Waals surface area contributed by atoms with E-state index < -0.39 is 0 Å². The molecule has 1 aromatic heterocycles. The van der Waals surface area contributed by atoms with Crippen molar-refractivity contribution in [3.05, 3.63) is 46.3 Å². The molecule has 0 aliphatic heterocycles. The normalized spacial score (nSPS) is 18.5. The second kappa shape index (κ2) is 6.50. The number of hydrogen-bond acceptors (Lipinski definition) is 2. The van der Waals surface area contributed by atoms with Crippen molar-refractivity contribution in [2.24, 2.45) is 0 Å². The monoisotopic (exact) mass is 437 g/mol. The number of alkyl halides is 1. The third kappa shape index (κ3) is 2.87. The molecule has 0 saturated heterocycles. The number of hydrogen-bond donors (Lipinski definition) is 2. The molecule has 1 amide bonds. The molecule has 5 heteroatoms. The molecule has 128 valence electrons. The van der Waals surface area contributed by atoms with Gasteiger partial charge < -0.3 is 5.32 Å². The maximum absolute atomic E-state index is 12.9. The lowest BCUT2D eigenvalue weighted by atomic mass is 9.86. The molecule has 0 fully saturated rings. The van der Waals surface area contributed by atoms with Crippen molar-refractivity contribution in [1.29, 1.82) is 0 Å². The topological polar surface area (TPSA) is 57.8 Å². The van der Waals surface area contributed by atoms with Gasteiger partial charge in [0, 0.05) is 10.1 Å². The fourth-order valence-corrected chi connectivity index (χ4v) is 4.55. The van der Waals surface area contributed by atoms with Gasteiger partial charge in [0.2, 0.25) is 0 Å². The van der Waals surface area contributed by atoms with Crippen LogP contribution in [-0.4, -0.2) is 16.1 Å². The van der Waals surface area contributed by atoms with Gasteiger partial charge in [0.15, 0.2) is 0 Å². The molecular weight excluding hydrogens is 413 g/mol. The molecule has 3 rings (SSSR count). The van der Waals surface area contributed by atoms with Crippen LogP contribution in [0.2, 0.25) is 0 Å². The van der Waals surface area contributed by atoms with Gasteiger partial charge in [-0.05, 0) is 41.4 Å². The van der Waals surface area contributed by atoms with Crippen LogP contribution in [0, 0.1) is 0 Å². The Balaban J connectivity index is 1.98. The fourth-order valence-electron chi connectivity index (χ4n) is 4.00. The SMILES string of the molecule is CCc1n[nH]c(CI)c1C(=O)Nc1cccc2c1C(C)CC2(C)C. The lowest BCUT2D eigenvalue weighted by Crippen LogP contribution is -2.17. The quantitative estimate of drug-likeness (QED) is 0.526. The summed E-state index contributed by atoms with van der Waals surface area (Å²) in [6.45, 7) is 8.82. The molecule has 24 heavy (non-hydrogen) atoms. The highest BCUT2D eigenvalue weighted by Crippen LogP contribution is 2.48. The van der Waals surface area contributed by atoms with Gasteiger partial charge in [0.25, 0.3) is 5.91 Å². The average Bonchev–Trinajstić information content (AvgIpc) is 3.06. The van der Waals surface area contributed by atoms with E-state index in [0.29, 0.717) is 11.5 Å². The molecule has 2 N–H and O–H groups in total. The first-order valence-corrected chi connectivity index (χ1v) is 9.98. The maximum atomic E-state index is 12.9. The van der Waals surface area contributed by atoms with Gasteiger partial charge >= 0.3 is 0 Å². The lowest BCUT2D eigenvalue weighted by molar-refractivity contribution is 0.102. The predicted molar refractivity (Wildman–Crippen MR) is 106 cm³/mol. The van der Waals surface area contributed by atoms with Gasteiger partial charge in [-0.15, -0.1) is 0 Å². The minimum Gasteiger partial charge on any atom is -0.322 e. The summed E-state index contributed by atoms with van der Waals surface area (Å²) in [6.07, 6.45) is 1.85. The first-order valence-electron chi connectivity index (χ1n) is 8.45. The molecule has 0 radical (unpaired) electrons. The molecule has 1 atom stereocenters. The Kier molecular flexibility index (Phi) is 4.73. The summed E-state index contributed by atoms with van der Waals surface area (Å²) in [5, 5.41) is 10.4. The summed E-state index contributed by atoms with van der Waals surface area (Å²) >= 11 is 2.26. The number of carbonyl (C=O) groups excluding carboxylic acids is 1. The van der Waals surface area contributed by atoms with E-state index in [0.717, 1.165) is 34.3 Å². The number of carbonyl (C=O) groups is 1. The zero-order chi connectivity index (χ0) is 17.5. The van der Waals surface area contributed by atoms with Crippen LogP contribution in [-0.2, 0) is 16.3 Å². The molecule has 1 aliphatic rings. The molecule has 0 bridgehead atoms. The Morgan fingerprint density at radius 2 is 2.21 bits per heavy atom. The van der Waals surface area contributed by atoms with E-state index in [2.05, 4.69) is 64.9 Å². The Labute approximate surface area is 157 Å². The van der Waals surface area contributed by atoms with Crippen molar-refractivity contribution < 1.29 is 4.79 Å². The van der Waals surface area contributed by atoms with E-state index >= 15 is 0 Å². The minimum absolute atomic E-state index is 0.0578. The van der Waals surface area contributed by atoms with E-state index in [9.17, 15) is 4.79 Å². The van der Waals surface area contributed by atoms with E-state index in [1.807, 2.05) is 19.1 Å². The standard InChI is InChI=1S/C19H24IN3O/c1-5-13-17(15(10-20)23-22-13)18(24)21-14-8-6-7-12-16(14)11(2)9-19(12,3)4/h6-8,11H,5,9-10H2,1-4H3,(H,21,24)(H,22,23). The number of aromatic nitrogens is 2. The first kappa shape index (κ1) is 17.5. The van der Waals surface area contributed by atoms with Crippen LogP contribution in [0.4, 0.5) is 5.69 Å². The van der Waals surface area contributed by atoms with Crippen LogP contribution in [0.5, 0.6) is 0 Å². The van der Waals surface area contributed by atoms with Crippen LogP contribution < -0.4 is 5.32 Å². The van der Waals surface area contributed by atoms with E-state index in [1.54, 1.807) is 0 Å². The Hall–Kier alpha value is -1.37. The van der Waals surface area contributed by atoms with Crippen LogP contribution in [0.3, 0.4) is 0 Å². The highest BCUT2D eigenvalue weighted by molar-refractivity contribution is 14.1. The number of H-pyrrole nitrogens is 1. The van der Waals surface area contributed by atoms with E-state index in [-0.39, 0.29) is 11.3 Å². The van der Waals surface area contributed by atoms with Crippen LogP contribution >= 0.6 is 22.6 Å². The number of nitrogens with one attached hydrogen (secondary N) is 2. The van der Waals surface area contributed by atoms with Gasteiger partial charge in [-0.1, -0.05) is 62.4 Å². The molecule has 1 heterocycles. The minimum atomic E-state index is -0.0578. The van der Waals surface area contributed by atoms with Gasteiger partial charge in [-0.3, -0.25) is 9.89 Å². The summed E-state index contributed by atoms with van der Waals surface area (Å²) < 4.78 is 0.740. The first-order chi connectivity index (χ1) is 11.4. The van der Waals surface area contributed by atoms with Crippen molar-refractivity contribution in [3.63, 3.8) is 0 Å². The van der Waals surface area contributed by atoms with Crippen molar-refractivity contribution in [2.45, 2.75) is 56.3 Å². The van der Waals surface area contributed by atoms with Gasteiger partial charge in [0.1, 0.15) is 0 Å². The maximum Gasteiger partial charge on any atom is 0.259 e. The van der Waals surface area contributed by atoms with Crippen LogP contribution in [0.25, 0.3) is 0 Å². The van der Waals surface area contributed by atoms with Gasteiger partial charge in [0.05, 0.1) is 17.0 Å². The van der Waals surface area contributed by atoms with Crippen molar-refractivity contribution in [1.82, 2.24) is 10.2 Å². The van der Waals surface area contributed by atoms with Crippen molar-refractivity contribution >= 4 is 34.2 Å². The van der Waals surface area contributed by atoms with Crippen LogP contribution in [0.1, 0.15) is 72.9 Å². The van der Waals surface area contributed by atoms with E-state index in [4.69, 9.17) is 0 Å². The third-order valence-electron chi connectivity index (χ3n) is 5.00. The smallest absolute Gasteiger partial charge is 0.259 e. The number of rotatable bonds is 4. The largest absolute Gasteiger partial charge is 0.322 e. The molecule has 1 unspecified atom stereocenters. The molecule has 1 aliphatic carbocycles. The average molecular weight is 437 g/mol. The Morgan fingerprint density at radius 1 is 1.46 bits per heavy atom. The molecular formula is C19H24IN3O. The Bertz CT molecular complexity index is 757. The highest BCUT2D eigenvalue weighted by atomic mass is 127. The zero-order valence-corrected chi connectivity index (χ0v) is 16.8. The van der Waals surface area contributed by atoms with Gasteiger partial charge in [-0.2, -0.15) is 5.10 Å². The number of aromatic amines is 1. The highest BCUT2D eigenvalue weighted by Gasteiger charge is 2.36. The van der Waals surface area contributed by atoms with Crippen molar-refractivity contribution in [3.8, 4) is 0 Å². The van der Waals surface area contributed by atoms with E-state index in [1.165, 1.54) is 11.1 Å². The zero-order valence-electron chi connectivity index (χ0n) is 14.7. The summed E-state index contributed by atoms with van der Waals surface area (Å²) in [6, 6.07) is 6.26. The fraction of sp³-hybridized carbons (Fsp3) is 0.474. The second-order valence-electron chi connectivity index (χ2n) is 7.22. The number of benzene rings is 1. The number of halogens is 1. The third-order valence-corrected chi connectivity index (χ3v) is 5.77. The number of aryl methyl sites for hydroxylation is 1.